The highest BCUT2D eigenvalue weighted by molar-refractivity contribution is 5.44. The molecule has 0 unspecified atom stereocenters. The van der Waals surface area contributed by atoms with E-state index in [-0.39, 0.29) is 5.82 Å². The summed E-state index contributed by atoms with van der Waals surface area (Å²) in [5.74, 6) is 1.47. The Morgan fingerprint density at radius 1 is 1.14 bits per heavy atom. The van der Waals surface area contributed by atoms with Gasteiger partial charge in [-0.05, 0) is 55.1 Å². The van der Waals surface area contributed by atoms with Crippen molar-refractivity contribution in [3.63, 3.8) is 0 Å². The highest BCUT2D eigenvalue weighted by Gasteiger charge is 2.12. The van der Waals surface area contributed by atoms with Gasteiger partial charge < -0.3 is 10.5 Å². The monoisotopic (exact) mass is 287 g/mol. The zero-order chi connectivity index (χ0) is 15.4. The Balaban J connectivity index is 2.38. The quantitative estimate of drug-likeness (QED) is 0.875. The van der Waals surface area contributed by atoms with Gasteiger partial charge in [0.25, 0.3) is 0 Å². The van der Waals surface area contributed by atoms with Gasteiger partial charge in [-0.25, -0.2) is 4.39 Å². The van der Waals surface area contributed by atoms with Crippen molar-refractivity contribution >= 4 is 0 Å². The Labute approximate surface area is 125 Å². The maximum atomic E-state index is 13.9. The first kappa shape index (κ1) is 15.5. The number of ether oxygens (including phenoxy) is 1. The third-order valence-corrected chi connectivity index (χ3v) is 3.57. The minimum atomic E-state index is -0.268. The van der Waals surface area contributed by atoms with E-state index < -0.39 is 0 Å². The molecule has 0 bridgehead atoms. The Kier molecular flexibility index (Phi) is 4.97. The molecule has 2 aromatic carbocycles. The van der Waals surface area contributed by atoms with Gasteiger partial charge in [0.2, 0.25) is 0 Å². The highest BCUT2D eigenvalue weighted by Crippen LogP contribution is 2.31. The molecule has 2 nitrogen and oxygen atoms in total. The molecule has 0 saturated carbocycles. The minimum absolute atomic E-state index is 0.268. The lowest BCUT2D eigenvalue weighted by molar-refractivity contribution is 0.463. The van der Waals surface area contributed by atoms with E-state index in [1.807, 2.05) is 19.1 Å². The fourth-order valence-electron chi connectivity index (χ4n) is 2.23. The topological polar surface area (TPSA) is 35.2 Å². The van der Waals surface area contributed by atoms with Crippen molar-refractivity contribution in [2.45, 2.75) is 33.1 Å². The largest absolute Gasteiger partial charge is 0.457 e. The van der Waals surface area contributed by atoms with Gasteiger partial charge in [0, 0.05) is 5.56 Å². The molecule has 0 saturated heterocycles. The lowest BCUT2D eigenvalue weighted by atomic mass is 10.0. The number of hydrogen-bond donors (Lipinski definition) is 1. The molecule has 0 aliphatic rings. The highest BCUT2D eigenvalue weighted by atomic mass is 19.1. The maximum Gasteiger partial charge on any atom is 0.133 e. The van der Waals surface area contributed by atoms with Crippen LogP contribution in [-0.2, 0) is 6.42 Å². The molecular formula is C18H22FNO. The summed E-state index contributed by atoms with van der Waals surface area (Å²) in [7, 11) is 0. The van der Waals surface area contributed by atoms with E-state index >= 15 is 0 Å². The SMILES string of the molecule is Cc1ccc(C(C)C)cc1Oc1cccc(F)c1CCN. The number of aryl methyl sites for hydroxylation is 1. The average molecular weight is 287 g/mol. The van der Waals surface area contributed by atoms with E-state index in [4.69, 9.17) is 10.5 Å². The summed E-state index contributed by atoms with van der Waals surface area (Å²) >= 11 is 0. The van der Waals surface area contributed by atoms with Crippen LogP contribution < -0.4 is 10.5 Å². The van der Waals surface area contributed by atoms with Crippen LogP contribution in [0.5, 0.6) is 11.5 Å². The number of rotatable bonds is 5. The van der Waals surface area contributed by atoms with Crippen LogP contribution in [0.3, 0.4) is 0 Å². The van der Waals surface area contributed by atoms with Gasteiger partial charge in [-0.2, -0.15) is 0 Å². The van der Waals surface area contributed by atoms with E-state index in [0.717, 1.165) is 11.3 Å². The van der Waals surface area contributed by atoms with Crippen molar-refractivity contribution in [3.8, 4) is 11.5 Å². The number of nitrogens with two attached hydrogens (primary N) is 1. The molecular weight excluding hydrogens is 265 g/mol. The molecule has 0 spiro atoms. The Morgan fingerprint density at radius 3 is 2.57 bits per heavy atom. The van der Waals surface area contributed by atoms with Crippen molar-refractivity contribution in [2.24, 2.45) is 5.73 Å². The summed E-state index contributed by atoms with van der Waals surface area (Å²) in [5.41, 5.74) is 8.33. The van der Waals surface area contributed by atoms with Crippen LogP contribution >= 0.6 is 0 Å². The van der Waals surface area contributed by atoms with Crippen molar-refractivity contribution in [2.75, 3.05) is 6.54 Å². The molecule has 0 fully saturated rings. The van der Waals surface area contributed by atoms with Crippen molar-refractivity contribution < 1.29 is 9.13 Å². The Morgan fingerprint density at radius 2 is 1.90 bits per heavy atom. The predicted molar refractivity (Wildman–Crippen MR) is 84.5 cm³/mol. The molecule has 0 atom stereocenters. The number of benzene rings is 2. The zero-order valence-corrected chi connectivity index (χ0v) is 12.8. The van der Waals surface area contributed by atoms with E-state index in [1.54, 1.807) is 12.1 Å². The lowest BCUT2D eigenvalue weighted by Crippen LogP contribution is -2.06. The second kappa shape index (κ2) is 6.72. The molecule has 0 aromatic heterocycles. The molecule has 21 heavy (non-hydrogen) atoms. The summed E-state index contributed by atoms with van der Waals surface area (Å²) in [5, 5.41) is 0. The zero-order valence-electron chi connectivity index (χ0n) is 12.8. The second-order valence-electron chi connectivity index (χ2n) is 5.54. The Bertz CT molecular complexity index is 623. The van der Waals surface area contributed by atoms with Gasteiger partial charge in [0.1, 0.15) is 17.3 Å². The summed E-state index contributed by atoms with van der Waals surface area (Å²) < 4.78 is 19.9. The molecule has 0 heterocycles. The molecule has 2 aromatic rings. The molecule has 2 N–H and O–H groups in total. The third kappa shape index (κ3) is 3.61. The van der Waals surface area contributed by atoms with Gasteiger partial charge in [-0.1, -0.05) is 32.0 Å². The second-order valence-corrected chi connectivity index (χ2v) is 5.54. The van der Waals surface area contributed by atoms with Crippen LogP contribution in [-0.4, -0.2) is 6.54 Å². The van der Waals surface area contributed by atoms with E-state index in [2.05, 4.69) is 19.9 Å². The predicted octanol–water partition coefficient (Wildman–Crippen LogP) is 4.55. The van der Waals surface area contributed by atoms with Crippen LogP contribution in [0, 0.1) is 12.7 Å². The van der Waals surface area contributed by atoms with Gasteiger partial charge in [0.05, 0.1) is 0 Å². The lowest BCUT2D eigenvalue weighted by Gasteiger charge is -2.15. The van der Waals surface area contributed by atoms with Gasteiger partial charge >= 0.3 is 0 Å². The molecule has 0 aliphatic heterocycles. The van der Waals surface area contributed by atoms with Gasteiger partial charge in [-0.15, -0.1) is 0 Å². The maximum absolute atomic E-state index is 13.9. The summed E-state index contributed by atoms with van der Waals surface area (Å²) in [4.78, 5) is 0. The smallest absolute Gasteiger partial charge is 0.133 e. The van der Waals surface area contributed by atoms with Crippen LogP contribution in [0.1, 0.15) is 36.5 Å². The molecule has 3 heteroatoms. The van der Waals surface area contributed by atoms with Gasteiger partial charge in [-0.3, -0.25) is 0 Å². The van der Waals surface area contributed by atoms with E-state index in [9.17, 15) is 4.39 Å². The molecule has 2 rings (SSSR count). The molecule has 112 valence electrons. The summed E-state index contributed by atoms with van der Waals surface area (Å²) in [6, 6.07) is 11.0. The van der Waals surface area contributed by atoms with Crippen molar-refractivity contribution in [1.82, 2.24) is 0 Å². The number of hydrogen-bond acceptors (Lipinski definition) is 2. The standard InChI is InChI=1S/C18H22FNO/c1-12(2)14-8-7-13(3)18(11-14)21-17-6-4-5-16(19)15(17)9-10-20/h4-8,11-12H,9-10,20H2,1-3H3. The molecule has 0 amide bonds. The van der Waals surface area contributed by atoms with Crippen LogP contribution in [0.4, 0.5) is 4.39 Å². The van der Waals surface area contributed by atoms with Crippen LogP contribution in [0.15, 0.2) is 36.4 Å². The fourth-order valence-corrected chi connectivity index (χ4v) is 2.23. The van der Waals surface area contributed by atoms with E-state index in [1.165, 1.54) is 11.6 Å². The molecule has 0 radical (unpaired) electrons. The number of halogens is 1. The van der Waals surface area contributed by atoms with E-state index in [0.29, 0.717) is 30.2 Å². The third-order valence-electron chi connectivity index (χ3n) is 3.57. The normalized spacial score (nSPS) is 11.0. The first-order valence-corrected chi connectivity index (χ1v) is 7.28. The Hall–Kier alpha value is -1.87. The van der Waals surface area contributed by atoms with Crippen molar-refractivity contribution in [1.29, 1.82) is 0 Å². The van der Waals surface area contributed by atoms with Crippen LogP contribution in [0.25, 0.3) is 0 Å². The van der Waals surface area contributed by atoms with Gasteiger partial charge in [0.15, 0.2) is 0 Å². The summed E-state index contributed by atoms with van der Waals surface area (Å²) in [6.07, 6.45) is 0.463. The summed E-state index contributed by atoms with van der Waals surface area (Å²) in [6.45, 7) is 6.65. The average Bonchev–Trinajstić information content (AvgIpc) is 2.44. The van der Waals surface area contributed by atoms with Crippen LogP contribution in [0.2, 0.25) is 0 Å². The first-order chi connectivity index (χ1) is 10.0. The minimum Gasteiger partial charge on any atom is -0.457 e. The molecule has 0 aliphatic carbocycles. The fraction of sp³-hybridized carbons (Fsp3) is 0.333. The van der Waals surface area contributed by atoms with Crippen molar-refractivity contribution in [3.05, 3.63) is 58.9 Å². The first-order valence-electron chi connectivity index (χ1n) is 7.28.